The van der Waals surface area contributed by atoms with E-state index in [-0.39, 0.29) is 22.9 Å². The number of pyridine rings is 4. The minimum absolute atomic E-state index is 0.0428. The number of halogens is 6. The van der Waals surface area contributed by atoms with Crippen LogP contribution < -0.4 is 5.32 Å². The maximum Gasteiger partial charge on any atom is 0.418 e. The second-order valence-electron chi connectivity index (χ2n) is 7.49. The average molecular weight is 493 g/mol. The summed E-state index contributed by atoms with van der Waals surface area (Å²) < 4.78 is 84.3. The zero-order valence-corrected chi connectivity index (χ0v) is 18.2. The Morgan fingerprint density at radius 3 is 2.31 bits per heavy atom. The number of fused-ring (bicyclic) bond motifs is 1. The van der Waals surface area contributed by atoms with Crippen molar-refractivity contribution in [2.75, 3.05) is 12.4 Å². The Labute approximate surface area is 195 Å². The lowest BCUT2D eigenvalue weighted by atomic mass is 10.1. The van der Waals surface area contributed by atoms with Crippen molar-refractivity contribution in [2.24, 2.45) is 0 Å². The van der Waals surface area contributed by atoms with Gasteiger partial charge >= 0.3 is 12.4 Å². The fourth-order valence-corrected chi connectivity index (χ4v) is 3.30. The van der Waals surface area contributed by atoms with Crippen LogP contribution >= 0.6 is 0 Å². The molecule has 6 nitrogen and oxygen atoms in total. The van der Waals surface area contributed by atoms with Crippen molar-refractivity contribution in [3.8, 4) is 11.4 Å². The summed E-state index contributed by atoms with van der Waals surface area (Å²) in [5.41, 5.74) is -1.36. The van der Waals surface area contributed by atoms with Gasteiger partial charge < -0.3 is 10.1 Å². The molecular formula is C23H17F6N5O. The first-order valence-corrected chi connectivity index (χ1v) is 10.1. The molecule has 4 heterocycles. The van der Waals surface area contributed by atoms with Crippen LogP contribution in [-0.4, -0.2) is 27.0 Å². The quantitative estimate of drug-likeness (QED) is 0.317. The first kappa shape index (κ1) is 24.3. The fourth-order valence-electron chi connectivity index (χ4n) is 3.30. The standard InChI is InChI=1S/C23H17F6N5O/c1-12(35-2)17-10-18(32-19-8-5-13(11-31-19)22(24,25)26)14-6-7-16(33-21(14)34-17)20-15(23(27,28)29)4-3-9-30-20/h3-12H,1-2H3,(H,31,32,33,34). The third-order valence-electron chi connectivity index (χ3n) is 5.17. The fraction of sp³-hybridized carbons (Fsp3) is 0.217. The Kier molecular flexibility index (Phi) is 6.32. The number of ether oxygens (including phenoxy) is 1. The van der Waals surface area contributed by atoms with Crippen LogP contribution in [0.25, 0.3) is 22.4 Å². The van der Waals surface area contributed by atoms with Gasteiger partial charge in [-0.3, -0.25) is 4.98 Å². The molecule has 0 bridgehead atoms. The minimum atomic E-state index is -4.64. The molecule has 0 spiro atoms. The Morgan fingerprint density at radius 2 is 1.69 bits per heavy atom. The summed E-state index contributed by atoms with van der Waals surface area (Å²) in [6.07, 6.45) is -7.75. The summed E-state index contributed by atoms with van der Waals surface area (Å²) >= 11 is 0. The maximum absolute atomic E-state index is 13.5. The molecule has 0 radical (unpaired) electrons. The van der Waals surface area contributed by atoms with Gasteiger partial charge in [-0.1, -0.05) is 0 Å². The second-order valence-corrected chi connectivity index (χ2v) is 7.49. The number of rotatable bonds is 5. The maximum atomic E-state index is 13.5. The van der Waals surface area contributed by atoms with E-state index >= 15 is 0 Å². The molecular weight excluding hydrogens is 476 g/mol. The van der Waals surface area contributed by atoms with Crippen molar-refractivity contribution in [3.05, 3.63) is 71.7 Å². The molecule has 12 heteroatoms. The summed E-state index contributed by atoms with van der Waals surface area (Å²) in [4.78, 5) is 16.4. The molecule has 1 unspecified atom stereocenters. The predicted octanol–water partition coefficient (Wildman–Crippen LogP) is 6.58. The van der Waals surface area contributed by atoms with E-state index < -0.39 is 29.6 Å². The highest BCUT2D eigenvalue weighted by atomic mass is 19.4. The van der Waals surface area contributed by atoms with E-state index in [0.717, 1.165) is 12.1 Å². The van der Waals surface area contributed by atoms with E-state index in [4.69, 9.17) is 4.74 Å². The first-order chi connectivity index (χ1) is 16.5. The lowest BCUT2D eigenvalue weighted by Crippen LogP contribution is -2.09. The highest BCUT2D eigenvalue weighted by molar-refractivity contribution is 5.92. The molecule has 0 amide bonds. The Hall–Kier alpha value is -3.80. The molecule has 0 saturated carbocycles. The van der Waals surface area contributed by atoms with E-state index in [0.29, 0.717) is 23.0 Å². The van der Waals surface area contributed by atoms with Crippen LogP contribution in [0.3, 0.4) is 0 Å². The molecule has 4 aromatic heterocycles. The van der Waals surface area contributed by atoms with Gasteiger partial charge in [0.25, 0.3) is 0 Å². The van der Waals surface area contributed by atoms with Crippen molar-refractivity contribution in [3.63, 3.8) is 0 Å². The number of aromatic nitrogens is 4. The normalized spacial score (nSPS) is 13.1. The van der Waals surface area contributed by atoms with E-state index in [2.05, 4.69) is 25.3 Å². The van der Waals surface area contributed by atoms with E-state index in [9.17, 15) is 26.3 Å². The van der Waals surface area contributed by atoms with Crippen LogP contribution in [0.4, 0.5) is 37.8 Å². The van der Waals surface area contributed by atoms with Crippen molar-refractivity contribution in [1.82, 2.24) is 19.9 Å². The molecule has 1 N–H and O–H groups in total. The SMILES string of the molecule is COC(C)c1cc(Nc2ccc(C(F)(F)F)cn2)c2ccc(-c3ncccc3C(F)(F)F)nc2n1. The van der Waals surface area contributed by atoms with E-state index in [1.807, 2.05) is 0 Å². The molecule has 4 rings (SSSR count). The van der Waals surface area contributed by atoms with Crippen molar-refractivity contribution >= 4 is 22.5 Å². The van der Waals surface area contributed by atoms with Gasteiger partial charge in [-0.25, -0.2) is 15.0 Å². The third-order valence-corrected chi connectivity index (χ3v) is 5.17. The summed E-state index contributed by atoms with van der Waals surface area (Å²) in [5.74, 6) is 0.120. The van der Waals surface area contributed by atoms with Gasteiger partial charge in [0, 0.05) is 24.9 Å². The van der Waals surface area contributed by atoms with Gasteiger partial charge in [-0.05, 0) is 49.4 Å². The van der Waals surface area contributed by atoms with Crippen molar-refractivity contribution < 1.29 is 31.1 Å². The van der Waals surface area contributed by atoms with E-state index in [1.165, 1.54) is 37.6 Å². The summed E-state index contributed by atoms with van der Waals surface area (Å²) in [6, 6.07) is 8.63. The summed E-state index contributed by atoms with van der Waals surface area (Å²) in [6.45, 7) is 1.71. The molecule has 0 saturated heterocycles. The molecule has 182 valence electrons. The number of hydrogen-bond donors (Lipinski definition) is 1. The number of methoxy groups -OCH3 is 1. The molecule has 4 aromatic rings. The average Bonchev–Trinajstić information content (AvgIpc) is 2.82. The predicted molar refractivity (Wildman–Crippen MR) is 116 cm³/mol. The monoisotopic (exact) mass is 493 g/mol. The topological polar surface area (TPSA) is 72.8 Å². The van der Waals surface area contributed by atoms with Gasteiger partial charge in [-0.15, -0.1) is 0 Å². The van der Waals surface area contributed by atoms with Crippen molar-refractivity contribution in [2.45, 2.75) is 25.4 Å². The number of alkyl halides is 6. The van der Waals surface area contributed by atoms with Gasteiger partial charge in [0.2, 0.25) is 0 Å². The Morgan fingerprint density at radius 1 is 0.914 bits per heavy atom. The highest BCUT2D eigenvalue weighted by Crippen LogP contribution is 2.36. The van der Waals surface area contributed by atoms with E-state index in [1.54, 1.807) is 13.0 Å². The molecule has 35 heavy (non-hydrogen) atoms. The van der Waals surface area contributed by atoms with Crippen LogP contribution in [0, 0.1) is 0 Å². The van der Waals surface area contributed by atoms with Crippen LogP contribution in [0.5, 0.6) is 0 Å². The number of nitrogens with zero attached hydrogens (tertiary/aromatic N) is 4. The second kappa shape index (κ2) is 9.10. The van der Waals surface area contributed by atoms with Crippen LogP contribution in [0.15, 0.2) is 54.9 Å². The number of nitrogens with one attached hydrogen (secondary N) is 1. The summed E-state index contributed by atoms with van der Waals surface area (Å²) in [5, 5.41) is 3.34. The largest absolute Gasteiger partial charge is 0.418 e. The van der Waals surface area contributed by atoms with Crippen LogP contribution in [0.1, 0.15) is 29.8 Å². The number of hydrogen-bond acceptors (Lipinski definition) is 6. The smallest absolute Gasteiger partial charge is 0.375 e. The third kappa shape index (κ3) is 5.16. The lowest BCUT2D eigenvalue weighted by molar-refractivity contribution is -0.138. The Bertz CT molecular complexity index is 1360. The van der Waals surface area contributed by atoms with Gasteiger partial charge in [0.05, 0.1) is 34.3 Å². The Balaban J connectivity index is 1.82. The lowest BCUT2D eigenvalue weighted by Gasteiger charge is -2.16. The molecule has 0 aliphatic heterocycles. The molecule has 0 fully saturated rings. The summed E-state index contributed by atoms with van der Waals surface area (Å²) in [7, 11) is 1.45. The number of anilines is 2. The first-order valence-electron chi connectivity index (χ1n) is 10.1. The van der Waals surface area contributed by atoms with Gasteiger partial charge in [-0.2, -0.15) is 26.3 Å². The molecule has 0 aliphatic rings. The minimum Gasteiger partial charge on any atom is -0.375 e. The van der Waals surface area contributed by atoms with Crippen LogP contribution in [0.2, 0.25) is 0 Å². The molecule has 0 aliphatic carbocycles. The van der Waals surface area contributed by atoms with Gasteiger partial charge in [0.15, 0.2) is 5.65 Å². The molecule has 0 aromatic carbocycles. The zero-order valence-electron chi connectivity index (χ0n) is 18.2. The van der Waals surface area contributed by atoms with Gasteiger partial charge in [0.1, 0.15) is 11.5 Å². The zero-order chi connectivity index (χ0) is 25.4. The highest BCUT2D eigenvalue weighted by Gasteiger charge is 2.35. The van der Waals surface area contributed by atoms with Crippen molar-refractivity contribution in [1.29, 1.82) is 0 Å². The van der Waals surface area contributed by atoms with Crippen LogP contribution in [-0.2, 0) is 17.1 Å². The molecule has 1 atom stereocenters.